The van der Waals surface area contributed by atoms with Crippen molar-refractivity contribution in [3.05, 3.63) is 28.2 Å². The lowest BCUT2D eigenvalue weighted by molar-refractivity contribution is 0.399. The molecule has 1 aromatic carbocycles. The van der Waals surface area contributed by atoms with Crippen molar-refractivity contribution in [2.24, 2.45) is 11.7 Å². The van der Waals surface area contributed by atoms with Crippen LogP contribution in [0.25, 0.3) is 0 Å². The maximum atomic E-state index is 8.79. The average Bonchev–Trinajstić information content (AvgIpc) is 2.96. The number of phenolic OH excluding ortho intramolecular Hbond substituents is 1. The molecular weight excluding hydrogens is 325 g/mol. The number of hydrogen-bond donors (Lipinski definition) is 5. The van der Waals surface area contributed by atoms with Crippen molar-refractivity contribution >= 4 is 23.2 Å². The smallest absolute Gasteiger partial charge is 0.117 e. The number of rotatable bonds is 0. The van der Waals surface area contributed by atoms with Crippen LogP contribution in [0, 0.1) is 5.92 Å². The maximum absolute atomic E-state index is 8.79. The molecule has 2 fully saturated rings. The molecule has 22 heavy (non-hydrogen) atoms. The van der Waals surface area contributed by atoms with E-state index in [4.69, 9.17) is 39.1 Å². The molecule has 6 N–H and O–H groups in total. The van der Waals surface area contributed by atoms with Gasteiger partial charge < -0.3 is 26.6 Å². The number of aliphatic hydroxyl groups is 1. The van der Waals surface area contributed by atoms with Crippen LogP contribution in [0.15, 0.2) is 18.2 Å². The lowest BCUT2D eigenvalue weighted by atomic mass is 10.2. The molecule has 0 saturated carbocycles. The molecule has 1 aromatic rings. The molecule has 0 radical (unpaired) electrons. The third kappa shape index (κ3) is 10.2. The van der Waals surface area contributed by atoms with Gasteiger partial charge in [-0.3, -0.25) is 0 Å². The van der Waals surface area contributed by atoms with E-state index in [1.165, 1.54) is 31.6 Å². The Morgan fingerprint density at radius 1 is 1.09 bits per heavy atom. The number of aliphatic hydroxyl groups excluding tert-OH is 1. The van der Waals surface area contributed by atoms with E-state index in [9.17, 15) is 0 Å². The summed E-state index contributed by atoms with van der Waals surface area (Å²) in [6.07, 6.45) is 1.38. The van der Waals surface area contributed by atoms with Crippen LogP contribution in [-0.2, 0) is 0 Å². The van der Waals surface area contributed by atoms with Gasteiger partial charge in [-0.05, 0) is 43.6 Å². The number of nitrogens with two attached hydrogens (primary N) is 1. The SMILES string of the molecule is CO.C[C@@H]1CCNC1.NC1CNC1.Oc1ccc(Cl)c(Cl)c1. The number of nitrogens with one attached hydrogen (secondary N) is 2. The number of phenols is 1. The molecule has 0 aromatic heterocycles. The van der Waals surface area contributed by atoms with Gasteiger partial charge in [-0.1, -0.05) is 30.1 Å². The minimum atomic E-state index is 0.129. The highest BCUT2D eigenvalue weighted by atomic mass is 35.5. The molecule has 2 saturated heterocycles. The van der Waals surface area contributed by atoms with Crippen molar-refractivity contribution < 1.29 is 10.2 Å². The van der Waals surface area contributed by atoms with Gasteiger partial charge in [0.2, 0.25) is 0 Å². The van der Waals surface area contributed by atoms with Crippen LogP contribution in [0.4, 0.5) is 0 Å². The topological polar surface area (TPSA) is 90.5 Å². The molecule has 7 heteroatoms. The molecule has 5 nitrogen and oxygen atoms in total. The van der Waals surface area contributed by atoms with E-state index in [-0.39, 0.29) is 5.75 Å². The van der Waals surface area contributed by atoms with Gasteiger partial charge in [0.15, 0.2) is 0 Å². The summed E-state index contributed by atoms with van der Waals surface area (Å²) in [4.78, 5) is 0. The Labute approximate surface area is 142 Å². The summed E-state index contributed by atoms with van der Waals surface area (Å²) in [6, 6.07) is 4.87. The Balaban J connectivity index is 0.000000296. The zero-order valence-electron chi connectivity index (χ0n) is 13.1. The van der Waals surface area contributed by atoms with Gasteiger partial charge in [0, 0.05) is 26.2 Å². The number of aromatic hydroxyl groups is 1. The first-order chi connectivity index (χ1) is 10.5. The average molecular weight is 352 g/mol. The zero-order valence-corrected chi connectivity index (χ0v) is 14.7. The van der Waals surface area contributed by atoms with E-state index in [1.807, 2.05) is 0 Å². The molecule has 0 aliphatic carbocycles. The first-order valence-electron chi connectivity index (χ1n) is 7.24. The van der Waals surface area contributed by atoms with E-state index in [2.05, 4.69) is 17.6 Å². The molecule has 0 spiro atoms. The van der Waals surface area contributed by atoms with E-state index in [0.29, 0.717) is 16.1 Å². The lowest BCUT2D eigenvalue weighted by Gasteiger charge is -2.21. The summed E-state index contributed by atoms with van der Waals surface area (Å²) in [5.41, 5.74) is 5.32. The van der Waals surface area contributed by atoms with Crippen molar-refractivity contribution in [2.45, 2.75) is 19.4 Å². The summed E-state index contributed by atoms with van der Waals surface area (Å²) in [7, 11) is 1.00. The van der Waals surface area contributed by atoms with Crippen LogP contribution in [-0.4, -0.2) is 49.5 Å². The van der Waals surface area contributed by atoms with Gasteiger partial charge in [-0.25, -0.2) is 0 Å². The normalized spacial score (nSPS) is 19.5. The van der Waals surface area contributed by atoms with Crippen LogP contribution in [0.5, 0.6) is 5.75 Å². The third-order valence-corrected chi connectivity index (χ3v) is 3.76. The zero-order chi connectivity index (χ0) is 17.0. The second-order valence-corrected chi connectivity index (χ2v) is 5.93. The van der Waals surface area contributed by atoms with Crippen molar-refractivity contribution in [1.82, 2.24) is 10.6 Å². The third-order valence-electron chi connectivity index (χ3n) is 3.02. The highest BCUT2D eigenvalue weighted by molar-refractivity contribution is 6.42. The Morgan fingerprint density at radius 3 is 1.91 bits per heavy atom. The predicted molar refractivity (Wildman–Crippen MR) is 93.8 cm³/mol. The van der Waals surface area contributed by atoms with E-state index < -0.39 is 0 Å². The molecule has 0 bridgehead atoms. The van der Waals surface area contributed by atoms with Gasteiger partial charge in [0.25, 0.3) is 0 Å². The molecule has 2 aliphatic heterocycles. The fraction of sp³-hybridized carbons (Fsp3) is 0.600. The Morgan fingerprint density at radius 2 is 1.68 bits per heavy atom. The van der Waals surface area contributed by atoms with Crippen LogP contribution in [0.2, 0.25) is 10.0 Å². The Kier molecular flexibility index (Phi) is 12.6. The standard InChI is InChI=1S/C6H4Cl2O.C5H11N.C3H8N2.CH4O/c7-5-2-1-4(9)3-6(5)8;1-5-2-3-6-4-5;4-3-1-5-2-3;1-2/h1-3,9H;5-6H,2-4H2,1H3;3,5H,1-2,4H2;2H,1H3/t;5-;;/m.1../s1. The fourth-order valence-electron chi connectivity index (χ4n) is 1.60. The number of halogens is 2. The minimum Gasteiger partial charge on any atom is -0.508 e. The monoisotopic (exact) mass is 351 g/mol. The second-order valence-electron chi connectivity index (χ2n) is 5.11. The number of hydrogen-bond acceptors (Lipinski definition) is 5. The molecule has 2 heterocycles. The molecule has 2 aliphatic rings. The quantitative estimate of drug-likeness (QED) is 0.492. The first-order valence-corrected chi connectivity index (χ1v) is 8.00. The van der Waals surface area contributed by atoms with Crippen molar-refractivity contribution in [3.8, 4) is 5.75 Å². The van der Waals surface area contributed by atoms with Gasteiger partial charge in [-0.2, -0.15) is 0 Å². The lowest BCUT2D eigenvalue weighted by Crippen LogP contribution is -2.52. The summed E-state index contributed by atoms with van der Waals surface area (Å²) < 4.78 is 0. The maximum Gasteiger partial charge on any atom is 0.117 e. The molecule has 0 unspecified atom stereocenters. The van der Waals surface area contributed by atoms with Crippen molar-refractivity contribution in [3.63, 3.8) is 0 Å². The second kappa shape index (κ2) is 12.9. The number of benzene rings is 1. The van der Waals surface area contributed by atoms with E-state index in [0.717, 1.165) is 26.1 Å². The summed E-state index contributed by atoms with van der Waals surface area (Å²) >= 11 is 11.1. The van der Waals surface area contributed by atoms with Crippen LogP contribution < -0.4 is 16.4 Å². The first kappa shape index (κ1) is 21.4. The minimum absolute atomic E-state index is 0.129. The summed E-state index contributed by atoms with van der Waals surface area (Å²) in [6.45, 7) is 6.78. The van der Waals surface area contributed by atoms with Gasteiger partial charge in [0.1, 0.15) is 5.75 Å². The van der Waals surface area contributed by atoms with Gasteiger partial charge >= 0.3 is 0 Å². The van der Waals surface area contributed by atoms with Crippen molar-refractivity contribution in [2.75, 3.05) is 33.3 Å². The summed E-state index contributed by atoms with van der Waals surface area (Å²) in [5.74, 6) is 1.06. The molecule has 3 rings (SSSR count). The molecule has 0 amide bonds. The Bertz CT molecular complexity index is 398. The molecule has 1 atom stereocenters. The van der Waals surface area contributed by atoms with Crippen LogP contribution in [0.1, 0.15) is 13.3 Å². The summed E-state index contributed by atoms with van der Waals surface area (Å²) in [5, 5.41) is 22.9. The highest BCUT2D eigenvalue weighted by Crippen LogP contribution is 2.24. The van der Waals surface area contributed by atoms with Gasteiger partial charge in [-0.15, -0.1) is 0 Å². The molecule has 128 valence electrons. The van der Waals surface area contributed by atoms with E-state index >= 15 is 0 Å². The van der Waals surface area contributed by atoms with Crippen molar-refractivity contribution in [1.29, 1.82) is 0 Å². The largest absolute Gasteiger partial charge is 0.508 e. The van der Waals surface area contributed by atoms with Crippen LogP contribution >= 0.6 is 23.2 Å². The van der Waals surface area contributed by atoms with Gasteiger partial charge in [0.05, 0.1) is 10.0 Å². The predicted octanol–water partition coefficient (Wildman–Crippen LogP) is 1.84. The highest BCUT2D eigenvalue weighted by Gasteiger charge is 2.08. The van der Waals surface area contributed by atoms with E-state index in [1.54, 1.807) is 6.07 Å². The Hall–Kier alpha value is -0.560. The fourth-order valence-corrected chi connectivity index (χ4v) is 1.89. The van der Waals surface area contributed by atoms with Crippen LogP contribution in [0.3, 0.4) is 0 Å². The molecular formula is C15H27Cl2N3O2.